The summed E-state index contributed by atoms with van der Waals surface area (Å²) in [4.78, 5) is 16.4. The molecule has 0 spiro atoms. The van der Waals surface area contributed by atoms with Crippen molar-refractivity contribution in [3.8, 4) is 29.3 Å². The summed E-state index contributed by atoms with van der Waals surface area (Å²) in [5.74, 6) is -1.98. The van der Waals surface area contributed by atoms with Crippen molar-refractivity contribution < 1.29 is 18.6 Å². The Morgan fingerprint density at radius 3 is 2.67 bits per heavy atom. The van der Waals surface area contributed by atoms with E-state index in [4.69, 9.17) is 10.00 Å². The van der Waals surface area contributed by atoms with Gasteiger partial charge in [0.2, 0.25) is 11.7 Å². The Bertz CT molecular complexity index is 1330. The van der Waals surface area contributed by atoms with Crippen molar-refractivity contribution in [1.29, 1.82) is 5.26 Å². The van der Waals surface area contributed by atoms with Crippen molar-refractivity contribution in [3.05, 3.63) is 64.7 Å². The Balaban J connectivity index is 1.89. The van der Waals surface area contributed by atoms with Crippen LogP contribution in [0.4, 0.5) is 8.78 Å². The van der Waals surface area contributed by atoms with Crippen LogP contribution in [0.3, 0.4) is 0 Å². The van der Waals surface area contributed by atoms with Gasteiger partial charge in [0, 0.05) is 12.6 Å². The fraction of sp³-hybridized carbons (Fsp3) is 0.150. The molecule has 150 valence electrons. The molecule has 0 atom stereocenters. The number of benzene rings is 1. The van der Waals surface area contributed by atoms with Crippen LogP contribution in [0.5, 0.6) is 11.8 Å². The molecule has 0 aliphatic heterocycles. The van der Waals surface area contributed by atoms with E-state index in [9.17, 15) is 13.9 Å². The minimum absolute atomic E-state index is 0.00414. The molecule has 3 aromatic heterocycles. The van der Waals surface area contributed by atoms with E-state index in [2.05, 4.69) is 19.9 Å². The Morgan fingerprint density at radius 1 is 1.17 bits per heavy atom. The molecule has 0 saturated heterocycles. The Labute approximate surface area is 169 Å². The molecule has 0 unspecified atom stereocenters. The second kappa shape index (κ2) is 7.36. The van der Waals surface area contributed by atoms with Gasteiger partial charge in [-0.3, -0.25) is 4.40 Å². The van der Waals surface area contributed by atoms with Gasteiger partial charge in [0.05, 0.1) is 30.8 Å². The first-order valence-electron chi connectivity index (χ1n) is 8.73. The minimum atomic E-state index is -0.955. The number of nitriles is 1. The number of nitrogens with zero attached hydrogens (tertiary/aromatic N) is 6. The molecule has 3 heterocycles. The third-order valence-corrected chi connectivity index (χ3v) is 4.60. The number of aromatic nitrogens is 5. The van der Waals surface area contributed by atoms with Crippen LogP contribution in [0, 0.1) is 29.9 Å². The number of hydrogen-bond acceptors (Lipinski definition) is 7. The first-order valence-corrected chi connectivity index (χ1v) is 8.73. The maximum Gasteiger partial charge on any atom is 0.251 e. The Morgan fingerprint density at radius 2 is 1.97 bits per heavy atom. The molecule has 0 saturated carbocycles. The summed E-state index contributed by atoms with van der Waals surface area (Å²) in [7, 11) is 1.48. The number of aryl methyl sites for hydroxylation is 1. The molecular weight excluding hydrogens is 394 g/mol. The first-order chi connectivity index (χ1) is 14.4. The predicted molar refractivity (Wildman–Crippen MR) is 101 cm³/mol. The van der Waals surface area contributed by atoms with Crippen molar-refractivity contribution >= 4 is 5.65 Å². The van der Waals surface area contributed by atoms with Crippen LogP contribution in [-0.4, -0.2) is 36.6 Å². The van der Waals surface area contributed by atoms with E-state index in [0.717, 1.165) is 6.20 Å². The lowest BCUT2D eigenvalue weighted by Gasteiger charge is -2.11. The van der Waals surface area contributed by atoms with Gasteiger partial charge >= 0.3 is 0 Å². The number of fused-ring (bicyclic) bond motifs is 1. The highest BCUT2D eigenvalue weighted by molar-refractivity contribution is 5.58. The van der Waals surface area contributed by atoms with Crippen LogP contribution in [-0.2, 0) is 6.42 Å². The maximum atomic E-state index is 14.2. The second-order valence-corrected chi connectivity index (χ2v) is 6.48. The zero-order valence-electron chi connectivity index (χ0n) is 15.9. The van der Waals surface area contributed by atoms with Crippen LogP contribution < -0.4 is 4.74 Å². The van der Waals surface area contributed by atoms with E-state index in [1.54, 1.807) is 17.5 Å². The number of halogens is 2. The molecule has 1 aromatic carbocycles. The van der Waals surface area contributed by atoms with Crippen LogP contribution in [0.2, 0.25) is 0 Å². The monoisotopic (exact) mass is 408 g/mol. The van der Waals surface area contributed by atoms with E-state index in [-0.39, 0.29) is 23.5 Å². The highest BCUT2D eigenvalue weighted by Crippen LogP contribution is 2.25. The highest BCUT2D eigenvalue weighted by atomic mass is 19.1. The number of methoxy groups -OCH3 is 1. The molecule has 0 aliphatic carbocycles. The summed E-state index contributed by atoms with van der Waals surface area (Å²) in [6.45, 7) is 1.77. The zero-order chi connectivity index (χ0) is 21.4. The smallest absolute Gasteiger partial charge is 0.251 e. The van der Waals surface area contributed by atoms with Gasteiger partial charge in [-0.2, -0.15) is 14.6 Å². The van der Waals surface area contributed by atoms with Gasteiger partial charge in [0.15, 0.2) is 11.5 Å². The molecule has 1 N–H and O–H groups in total. The normalized spacial score (nSPS) is 10.9. The summed E-state index contributed by atoms with van der Waals surface area (Å²) in [6, 6.07) is 4.58. The van der Waals surface area contributed by atoms with Gasteiger partial charge in [-0.15, -0.1) is 0 Å². The molecule has 0 bridgehead atoms. The summed E-state index contributed by atoms with van der Waals surface area (Å²) in [5, 5.41) is 18.6. The molecule has 4 aromatic rings. The summed E-state index contributed by atoms with van der Waals surface area (Å²) in [5.41, 5.74) is 2.44. The highest BCUT2D eigenvalue weighted by Gasteiger charge is 2.17. The van der Waals surface area contributed by atoms with E-state index < -0.39 is 17.5 Å². The average Bonchev–Trinajstić information content (AvgIpc) is 3.15. The van der Waals surface area contributed by atoms with Gasteiger partial charge in [0.1, 0.15) is 17.6 Å². The van der Waals surface area contributed by atoms with Gasteiger partial charge in [0.25, 0.3) is 5.88 Å². The number of aromatic hydroxyl groups is 1. The summed E-state index contributed by atoms with van der Waals surface area (Å²) < 4.78 is 34.4. The lowest BCUT2D eigenvalue weighted by Crippen LogP contribution is -2.05. The molecule has 0 radical (unpaired) electrons. The van der Waals surface area contributed by atoms with Crippen LogP contribution in [0.15, 0.2) is 30.7 Å². The van der Waals surface area contributed by atoms with Crippen molar-refractivity contribution in [2.24, 2.45) is 0 Å². The lowest BCUT2D eigenvalue weighted by molar-refractivity contribution is 0.394. The Hall–Kier alpha value is -4.13. The quantitative estimate of drug-likeness (QED) is 0.553. The fourth-order valence-corrected chi connectivity index (χ4v) is 3.07. The molecule has 0 fully saturated rings. The molecule has 30 heavy (non-hydrogen) atoms. The lowest BCUT2D eigenvalue weighted by atomic mass is 10.0. The molecule has 0 aliphatic rings. The third kappa shape index (κ3) is 3.26. The van der Waals surface area contributed by atoms with Crippen LogP contribution in [0.1, 0.15) is 22.4 Å². The van der Waals surface area contributed by atoms with Gasteiger partial charge in [-0.05, 0) is 30.2 Å². The molecular formula is C20H14F2N6O2. The van der Waals surface area contributed by atoms with Crippen molar-refractivity contribution in [1.82, 2.24) is 24.3 Å². The second-order valence-electron chi connectivity index (χ2n) is 6.48. The fourth-order valence-electron chi connectivity index (χ4n) is 3.07. The largest absolute Gasteiger partial charge is 0.491 e. The number of ether oxygens (including phenoxy) is 1. The first kappa shape index (κ1) is 19.2. The van der Waals surface area contributed by atoms with E-state index >= 15 is 0 Å². The standard InChI is InChI=1S/C20H14F2N6O2/c1-10-3-12(6-23)13(21)4-11(10)5-15-19-25-8-17(30-2)28(19)9-16(26-15)18-24-7-14(22)20(29)27-18/h3-4,7-9H,5H2,1-2H3,(H,24,27,29). The van der Waals surface area contributed by atoms with Crippen molar-refractivity contribution in [3.63, 3.8) is 0 Å². The topological polar surface area (TPSA) is 109 Å². The predicted octanol–water partition coefficient (Wildman–Crippen LogP) is 2.95. The Kier molecular flexibility index (Phi) is 4.71. The van der Waals surface area contributed by atoms with Crippen molar-refractivity contribution in [2.75, 3.05) is 7.11 Å². The zero-order valence-corrected chi connectivity index (χ0v) is 15.9. The third-order valence-electron chi connectivity index (χ3n) is 4.60. The van der Waals surface area contributed by atoms with E-state index in [1.165, 1.54) is 25.4 Å². The summed E-state index contributed by atoms with van der Waals surface area (Å²) in [6.07, 6.45) is 4.08. The van der Waals surface area contributed by atoms with Crippen molar-refractivity contribution in [2.45, 2.75) is 13.3 Å². The van der Waals surface area contributed by atoms with Gasteiger partial charge in [-0.1, -0.05) is 0 Å². The molecule has 10 heteroatoms. The van der Waals surface area contributed by atoms with E-state index in [1.807, 2.05) is 6.07 Å². The molecule has 0 amide bonds. The maximum absolute atomic E-state index is 14.2. The van der Waals surface area contributed by atoms with Gasteiger partial charge < -0.3 is 9.84 Å². The van der Waals surface area contributed by atoms with Crippen LogP contribution in [0.25, 0.3) is 17.2 Å². The van der Waals surface area contributed by atoms with Crippen LogP contribution >= 0.6 is 0 Å². The summed E-state index contributed by atoms with van der Waals surface area (Å²) >= 11 is 0. The average molecular weight is 408 g/mol. The number of imidazole rings is 1. The number of rotatable bonds is 4. The van der Waals surface area contributed by atoms with E-state index in [0.29, 0.717) is 28.3 Å². The number of hydrogen-bond donors (Lipinski definition) is 1. The molecule has 8 nitrogen and oxygen atoms in total. The van der Waals surface area contributed by atoms with Gasteiger partial charge in [-0.25, -0.2) is 19.3 Å². The minimum Gasteiger partial charge on any atom is -0.491 e. The molecule has 4 rings (SSSR count). The SMILES string of the molecule is COc1cnc2c(Cc3cc(F)c(C#N)cc3C)nc(-c3ncc(F)c(O)n3)cn12.